The van der Waals surface area contributed by atoms with Crippen LogP contribution in [0.1, 0.15) is 30.5 Å². The number of carbonyl (C=O) groups excluding carboxylic acids is 2. The number of hydrogen-bond donors (Lipinski definition) is 1. The quantitative estimate of drug-likeness (QED) is 0.718. The predicted molar refractivity (Wildman–Crippen MR) is 113 cm³/mol. The summed E-state index contributed by atoms with van der Waals surface area (Å²) in [6.07, 6.45) is 0.842. The van der Waals surface area contributed by atoms with E-state index in [1.807, 2.05) is 52.0 Å². The van der Waals surface area contributed by atoms with Crippen LogP contribution < -0.4 is 5.32 Å². The Morgan fingerprint density at radius 2 is 1.85 bits per heavy atom. The van der Waals surface area contributed by atoms with E-state index in [4.69, 9.17) is 0 Å². The zero-order valence-electron chi connectivity index (χ0n) is 16.7. The Morgan fingerprint density at radius 1 is 1.15 bits per heavy atom. The van der Waals surface area contributed by atoms with Gasteiger partial charge in [0.15, 0.2) is 0 Å². The normalized spacial score (nSPS) is 11.7. The monoisotopic (exact) mass is 384 g/mol. The maximum Gasteiger partial charge on any atom is 0.243 e. The molecule has 2 aromatic rings. The maximum absolute atomic E-state index is 12.7. The highest BCUT2D eigenvalue weighted by molar-refractivity contribution is 8.00. The zero-order valence-corrected chi connectivity index (χ0v) is 17.5. The molecule has 2 amide bonds. The van der Waals surface area contributed by atoms with Crippen LogP contribution in [0.4, 0.5) is 5.69 Å². The van der Waals surface area contributed by atoms with E-state index in [-0.39, 0.29) is 23.6 Å². The fraction of sp³-hybridized carbons (Fsp3) is 0.364. The molecule has 4 nitrogen and oxygen atoms in total. The summed E-state index contributed by atoms with van der Waals surface area (Å²) in [5.74, 6) is -0.240. The number of nitrogens with zero attached hydrogens (tertiary/aromatic N) is 1. The molecule has 0 saturated carbocycles. The van der Waals surface area contributed by atoms with Crippen molar-refractivity contribution in [3.05, 3.63) is 59.2 Å². The summed E-state index contributed by atoms with van der Waals surface area (Å²) in [4.78, 5) is 27.6. The first kappa shape index (κ1) is 21.0. The van der Waals surface area contributed by atoms with Crippen molar-refractivity contribution < 1.29 is 9.59 Å². The van der Waals surface area contributed by atoms with Gasteiger partial charge in [0.1, 0.15) is 0 Å². The van der Waals surface area contributed by atoms with Crippen LogP contribution in [0.5, 0.6) is 0 Å². The van der Waals surface area contributed by atoms with Crippen molar-refractivity contribution in [1.82, 2.24) is 4.90 Å². The third kappa shape index (κ3) is 5.86. The molecule has 0 saturated heterocycles. The molecule has 27 heavy (non-hydrogen) atoms. The van der Waals surface area contributed by atoms with Crippen LogP contribution in [0, 0.1) is 13.8 Å². The summed E-state index contributed by atoms with van der Waals surface area (Å²) in [6.45, 7) is 8.05. The smallest absolute Gasteiger partial charge is 0.243 e. The molecule has 0 aliphatic carbocycles. The number of nitrogens with one attached hydrogen (secondary N) is 1. The Balaban J connectivity index is 1.95. The van der Waals surface area contributed by atoms with E-state index >= 15 is 0 Å². The number of hydrogen-bond acceptors (Lipinski definition) is 3. The van der Waals surface area contributed by atoms with Crippen molar-refractivity contribution >= 4 is 29.3 Å². The fourth-order valence-corrected chi connectivity index (χ4v) is 3.99. The number of aryl methyl sites for hydroxylation is 3. The first-order valence-corrected chi connectivity index (χ1v) is 10.1. The number of amides is 2. The van der Waals surface area contributed by atoms with E-state index in [2.05, 4.69) is 23.5 Å². The molecule has 2 rings (SSSR count). The Labute approximate surface area is 166 Å². The first-order chi connectivity index (χ1) is 12.8. The number of thioether (sulfide) groups is 1. The van der Waals surface area contributed by atoms with Crippen LogP contribution in [-0.4, -0.2) is 35.6 Å². The maximum atomic E-state index is 12.7. The average Bonchev–Trinajstić information content (AvgIpc) is 2.64. The lowest BCUT2D eigenvalue weighted by Crippen LogP contribution is -2.39. The minimum absolute atomic E-state index is 0.0363. The Kier molecular flexibility index (Phi) is 7.48. The summed E-state index contributed by atoms with van der Waals surface area (Å²) in [5, 5.41) is 2.65. The van der Waals surface area contributed by atoms with Crippen LogP contribution in [0.3, 0.4) is 0 Å². The van der Waals surface area contributed by atoms with E-state index in [1.165, 1.54) is 22.2 Å². The molecule has 1 N–H and O–H groups in total. The number of anilines is 1. The molecule has 1 unspecified atom stereocenters. The molecule has 1 atom stereocenters. The molecule has 0 spiro atoms. The number of benzene rings is 2. The molecular weight excluding hydrogens is 356 g/mol. The molecule has 0 fully saturated rings. The van der Waals surface area contributed by atoms with Gasteiger partial charge in [-0.05, 0) is 50.5 Å². The van der Waals surface area contributed by atoms with Gasteiger partial charge in [-0.15, -0.1) is 11.8 Å². The lowest BCUT2D eigenvalue weighted by molar-refractivity contribution is -0.132. The van der Waals surface area contributed by atoms with Crippen LogP contribution in [0.25, 0.3) is 0 Å². The predicted octanol–water partition coefficient (Wildman–Crippen LogP) is 4.44. The van der Waals surface area contributed by atoms with Crippen LogP contribution in [0.15, 0.2) is 47.4 Å². The molecule has 0 heterocycles. The molecule has 144 valence electrons. The molecular formula is C22H28N2O2S. The molecule has 0 aliphatic rings. The van der Waals surface area contributed by atoms with Gasteiger partial charge in [0.25, 0.3) is 0 Å². The average molecular weight is 385 g/mol. The van der Waals surface area contributed by atoms with Crippen LogP contribution >= 0.6 is 11.8 Å². The lowest BCUT2D eigenvalue weighted by atomic mass is 10.1. The third-order valence-corrected chi connectivity index (χ3v) is 5.67. The summed E-state index contributed by atoms with van der Waals surface area (Å²) in [5.41, 5.74) is 4.22. The third-order valence-electron chi connectivity index (χ3n) is 4.42. The minimum Gasteiger partial charge on any atom is -0.335 e. The van der Waals surface area contributed by atoms with Crippen molar-refractivity contribution in [3.63, 3.8) is 0 Å². The van der Waals surface area contributed by atoms with Gasteiger partial charge in [0.2, 0.25) is 11.8 Å². The Bertz CT molecular complexity index is 820. The van der Waals surface area contributed by atoms with Crippen molar-refractivity contribution in [2.75, 3.05) is 18.9 Å². The number of likely N-dealkylation sites (N-methyl/N-ethyl adjacent to an activating group) is 1. The fourth-order valence-electron chi connectivity index (χ4n) is 2.82. The van der Waals surface area contributed by atoms with Crippen molar-refractivity contribution in [2.45, 2.75) is 44.3 Å². The zero-order chi connectivity index (χ0) is 20.0. The molecule has 5 heteroatoms. The lowest BCUT2D eigenvalue weighted by Gasteiger charge is -2.21. The second kappa shape index (κ2) is 9.60. The van der Waals surface area contributed by atoms with Gasteiger partial charge >= 0.3 is 0 Å². The van der Waals surface area contributed by atoms with Gasteiger partial charge < -0.3 is 10.2 Å². The highest BCUT2D eigenvalue weighted by atomic mass is 32.2. The van der Waals surface area contributed by atoms with Gasteiger partial charge in [-0.1, -0.05) is 42.8 Å². The van der Waals surface area contributed by atoms with E-state index in [9.17, 15) is 9.59 Å². The number of rotatable bonds is 7. The number of para-hydroxylation sites is 1. The van der Waals surface area contributed by atoms with Gasteiger partial charge in [0, 0.05) is 17.6 Å². The SMILES string of the molecule is CCc1ccccc1NC(=O)CN(C)C(=O)C(C)Sc1cc(C)ccc1C. The van der Waals surface area contributed by atoms with Gasteiger partial charge in [0.05, 0.1) is 11.8 Å². The van der Waals surface area contributed by atoms with Crippen LogP contribution in [0.2, 0.25) is 0 Å². The van der Waals surface area contributed by atoms with Gasteiger partial charge in [-0.25, -0.2) is 0 Å². The van der Waals surface area contributed by atoms with E-state index in [1.54, 1.807) is 7.05 Å². The summed E-state index contributed by atoms with van der Waals surface area (Å²) >= 11 is 1.54. The Hall–Kier alpha value is -2.27. The standard InChI is InChI=1S/C22H28N2O2S/c1-6-18-9-7-8-10-19(18)23-21(25)14-24(5)22(26)17(4)27-20-13-15(2)11-12-16(20)3/h7-13,17H,6,14H2,1-5H3,(H,23,25). The highest BCUT2D eigenvalue weighted by Crippen LogP contribution is 2.28. The minimum atomic E-state index is -0.258. The van der Waals surface area contributed by atoms with E-state index in [0.29, 0.717) is 0 Å². The molecule has 0 bridgehead atoms. The Morgan fingerprint density at radius 3 is 2.56 bits per heavy atom. The van der Waals surface area contributed by atoms with Crippen molar-refractivity contribution in [3.8, 4) is 0 Å². The van der Waals surface area contributed by atoms with Gasteiger partial charge in [-0.2, -0.15) is 0 Å². The summed E-state index contributed by atoms with van der Waals surface area (Å²) in [6, 6.07) is 14.0. The topological polar surface area (TPSA) is 49.4 Å². The molecule has 0 aromatic heterocycles. The molecule has 2 aromatic carbocycles. The number of carbonyl (C=O) groups is 2. The molecule has 0 aliphatic heterocycles. The first-order valence-electron chi connectivity index (χ1n) is 9.18. The summed E-state index contributed by atoms with van der Waals surface area (Å²) < 4.78 is 0. The second-order valence-corrected chi connectivity index (χ2v) is 8.16. The summed E-state index contributed by atoms with van der Waals surface area (Å²) in [7, 11) is 1.67. The van der Waals surface area contributed by atoms with Crippen LogP contribution in [-0.2, 0) is 16.0 Å². The van der Waals surface area contributed by atoms with E-state index in [0.717, 1.165) is 28.1 Å². The highest BCUT2D eigenvalue weighted by Gasteiger charge is 2.21. The van der Waals surface area contributed by atoms with Gasteiger partial charge in [-0.3, -0.25) is 9.59 Å². The van der Waals surface area contributed by atoms with Crippen molar-refractivity contribution in [1.29, 1.82) is 0 Å². The van der Waals surface area contributed by atoms with E-state index < -0.39 is 0 Å². The van der Waals surface area contributed by atoms with Crippen molar-refractivity contribution in [2.24, 2.45) is 0 Å². The largest absolute Gasteiger partial charge is 0.335 e. The second-order valence-electron chi connectivity index (χ2n) is 6.78. The molecule has 0 radical (unpaired) electrons.